The van der Waals surface area contributed by atoms with E-state index < -0.39 is 0 Å². The van der Waals surface area contributed by atoms with E-state index in [-0.39, 0.29) is 35.6 Å². The van der Waals surface area contributed by atoms with Gasteiger partial charge in [0.1, 0.15) is 0 Å². The topological polar surface area (TPSA) is 0 Å². The Morgan fingerprint density at radius 3 is 0.625 bits per heavy atom. The molecule has 0 aliphatic rings. The molecule has 0 nitrogen and oxygen atoms in total. The zero-order chi connectivity index (χ0) is 6.00. The van der Waals surface area contributed by atoms with Gasteiger partial charge in [0.15, 0.2) is 0 Å². The smallest absolute Gasteiger partial charge is 0.572 e. The molecule has 8 heteroatoms. The zero-order valence-electron chi connectivity index (χ0n) is 3.69. The Labute approximate surface area is 85.9 Å². The molecule has 8 heavy (non-hydrogen) atoms. The monoisotopic (exact) mass is 219 g/mol. The Morgan fingerprint density at radius 2 is 0.625 bits per heavy atom. The van der Waals surface area contributed by atoms with Gasteiger partial charge in [-0.1, -0.05) is 0 Å². The van der Waals surface area contributed by atoms with Crippen LogP contribution in [0.1, 0.15) is 0 Å². The van der Waals surface area contributed by atoms with Crippen LogP contribution in [0.15, 0.2) is 0 Å². The van der Waals surface area contributed by atoms with Crippen molar-refractivity contribution in [1.29, 1.82) is 0 Å². The fourth-order valence-electron chi connectivity index (χ4n) is 0. The van der Waals surface area contributed by atoms with Gasteiger partial charge in [0, 0.05) is 0 Å². The van der Waals surface area contributed by atoms with Crippen LogP contribution in [0.3, 0.4) is 0 Å². The van der Waals surface area contributed by atoms with Gasteiger partial charge in [0.25, 0.3) is 0 Å². The average molecular weight is 219 g/mol. The van der Waals surface area contributed by atoms with Crippen molar-refractivity contribution in [3.05, 3.63) is 0 Å². The standard InChI is InChI=1S/Co.3FS.Li/c;3*1-2;/q+2;3*-1;+1. The van der Waals surface area contributed by atoms with E-state index in [1.807, 2.05) is 0 Å². The summed E-state index contributed by atoms with van der Waals surface area (Å²) in [4.78, 5) is 0. The molecule has 0 fully saturated rings. The average Bonchev–Trinajstić information content (AvgIpc) is 1.81. The SMILES string of the molecule is F[S-].F[S-].F[S-].[Co+2].[Li+]. The minimum atomic E-state index is 0. The molecule has 0 saturated carbocycles. The van der Waals surface area contributed by atoms with E-state index in [2.05, 4.69) is 39.0 Å². The molecule has 0 amide bonds. The first-order chi connectivity index (χ1) is 3.00. The van der Waals surface area contributed by atoms with E-state index in [1.54, 1.807) is 0 Å². The maximum absolute atomic E-state index is 9.08. The Kier molecular flexibility index (Phi) is 608. The van der Waals surface area contributed by atoms with Crippen LogP contribution >= 0.6 is 0 Å². The minimum Gasteiger partial charge on any atom is -0.572 e. The Balaban J connectivity index is -0.00000000500. The molecule has 1 radical (unpaired) electrons. The van der Waals surface area contributed by atoms with Crippen LogP contribution in [0.4, 0.5) is 11.7 Å². The molecule has 0 saturated heterocycles. The Hall–Kier alpha value is 1.94. The van der Waals surface area contributed by atoms with Crippen molar-refractivity contribution in [3.63, 3.8) is 0 Å². The van der Waals surface area contributed by atoms with Crippen LogP contribution in [0.5, 0.6) is 0 Å². The molecule has 0 aromatic carbocycles. The van der Waals surface area contributed by atoms with E-state index in [0.717, 1.165) is 0 Å². The summed E-state index contributed by atoms with van der Waals surface area (Å²) >= 11 is 7.75. The molecule has 0 aliphatic heterocycles. The van der Waals surface area contributed by atoms with E-state index in [4.69, 9.17) is 11.7 Å². The van der Waals surface area contributed by atoms with Crippen LogP contribution in [0.25, 0.3) is 0 Å². The van der Waals surface area contributed by atoms with Gasteiger partial charge >= 0.3 is 35.6 Å². The van der Waals surface area contributed by atoms with Crippen LogP contribution in [-0.2, 0) is 55.8 Å². The fraction of sp³-hybridized carbons (Fsp3) is 0. The summed E-state index contributed by atoms with van der Waals surface area (Å²) in [6, 6.07) is 0. The third kappa shape index (κ3) is 101. The van der Waals surface area contributed by atoms with E-state index in [0.29, 0.717) is 0 Å². The third-order valence-corrected chi connectivity index (χ3v) is 0. The van der Waals surface area contributed by atoms with Gasteiger partial charge in [0.05, 0.1) is 0 Å². The molecule has 0 rings (SSSR count). The van der Waals surface area contributed by atoms with Crippen molar-refractivity contribution < 1.29 is 47.3 Å². The first-order valence-corrected chi connectivity index (χ1v) is 1.39. The van der Waals surface area contributed by atoms with Gasteiger partial charge < -0.3 is 50.7 Å². The van der Waals surface area contributed by atoms with Gasteiger partial charge in [-0.3, -0.25) is 0 Å². The second-order valence-electron chi connectivity index (χ2n) is 0. The normalized spacial score (nSPS) is 2.25. The predicted molar refractivity (Wildman–Crippen MR) is 25.4 cm³/mol. The van der Waals surface area contributed by atoms with Gasteiger partial charge in [-0.2, -0.15) is 0 Å². The number of hydrogen-bond acceptors (Lipinski definition) is 3. The summed E-state index contributed by atoms with van der Waals surface area (Å²) in [5.41, 5.74) is 0. The maximum atomic E-state index is 9.08. The minimum absolute atomic E-state index is 0. The quantitative estimate of drug-likeness (QED) is 0.350. The molecule has 0 N–H and O–H groups in total. The Morgan fingerprint density at radius 1 is 0.625 bits per heavy atom. The molecule has 0 spiro atoms. The molecule has 0 heterocycles. The van der Waals surface area contributed by atoms with E-state index in [9.17, 15) is 0 Å². The van der Waals surface area contributed by atoms with Crippen molar-refractivity contribution in [1.82, 2.24) is 0 Å². The zero-order valence-corrected chi connectivity index (χ0v) is 7.18. The summed E-state index contributed by atoms with van der Waals surface area (Å²) in [6.45, 7) is 0. The fourth-order valence-corrected chi connectivity index (χ4v) is 0. The van der Waals surface area contributed by atoms with Gasteiger partial charge in [-0.15, -0.1) is 0 Å². The van der Waals surface area contributed by atoms with Crippen LogP contribution < -0.4 is 18.9 Å². The van der Waals surface area contributed by atoms with Crippen molar-refractivity contribution in [2.75, 3.05) is 0 Å². The molecule has 0 aliphatic carbocycles. The summed E-state index contributed by atoms with van der Waals surface area (Å²) in [7, 11) is 0. The van der Waals surface area contributed by atoms with Crippen molar-refractivity contribution in [3.8, 4) is 0 Å². The van der Waals surface area contributed by atoms with Crippen LogP contribution in [-0.4, -0.2) is 0 Å². The summed E-state index contributed by atoms with van der Waals surface area (Å²) in [6.07, 6.45) is 0. The first kappa shape index (κ1) is 32.5. The summed E-state index contributed by atoms with van der Waals surface area (Å²) < 4.78 is 27.2. The third-order valence-electron chi connectivity index (χ3n) is 0. The van der Waals surface area contributed by atoms with E-state index in [1.165, 1.54) is 0 Å². The van der Waals surface area contributed by atoms with Crippen LogP contribution in [0, 0.1) is 0 Å². The second kappa shape index (κ2) is 149. The molecule has 0 unspecified atom stereocenters. The van der Waals surface area contributed by atoms with Crippen molar-refractivity contribution >= 4 is 39.0 Å². The summed E-state index contributed by atoms with van der Waals surface area (Å²) in [5, 5.41) is 0. The second-order valence-corrected chi connectivity index (χ2v) is 0. The molecule has 49 valence electrons. The van der Waals surface area contributed by atoms with Crippen molar-refractivity contribution in [2.24, 2.45) is 0 Å². The van der Waals surface area contributed by atoms with Gasteiger partial charge in [-0.05, 0) is 0 Å². The van der Waals surface area contributed by atoms with Crippen LogP contribution in [0.2, 0.25) is 0 Å². The molecule has 0 bridgehead atoms. The molecule has 0 atom stereocenters. The number of hydrogen-bond donors (Lipinski definition) is 0. The maximum Gasteiger partial charge on any atom is 2.00 e. The predicted octanol–water partition coefficient (Wildman–Crippen LogP) is -1.75. The van der Waals surface area contributed by atoms with Gasteiger partial charge in [-0.25, -0.2) is 0 Å². The Bertz CT molecular complexity index is 14.5. The van der Waals surface area contributed by atoms with E-state index >= 15 is 0 Å². The van der Waals surface area contributed by atoms with Crippen molar-refractivity contribution in [2.45, 2.75) is 0 Å². The molecular weight excluding hydrogens is 219 g/mol. The first-order valence-electron chi connectivity index (χ1n) is 0.463. The number of rotatable bonds is 0. The van der Waals surface area contributed by atoms with Gasteiger partial charge in [0.2, 0.25) is 0 Å². The molecule has 0 aromatic rings. The molecule has 0 aromatic heterocycles. The number of halogens is 3. The molecular formula is CoF3LiS3. The largest absolute Gasteiger partial charge is 2.00 e. The summed E-state index contributed by atoms with van der Waals surface area (Å²) in [5.74, 6) is 0.